The van der Waals surface area contributed by atoms with Gasteiger partial charge in [0.1, 0.15) is 0 Å². The lowest BCUT2D eigenvalue weighted by Crippen LogP contribution is -2.53. The van der Waals surface area contributed by atoms with Crippen LogP contribution in [-0.2, 0) is 14.8 Å². The summed E-state index contributed by atoms with van der Waals surface area (Å²) >= 11 is 0. The van der Waals surface area contributed by atoms with E-state index in [9.17, 15) is 13.2 Å². The van der Waals surface area contributed by atoms with E-state index in [2.05, 4.69) is 13.8 Å². The average molecular weight is 290 g/mol. The maximum Gasteiger partial charge on any atom is 0.241 e. The largest absolute Gasteiger partial charge is 0.348 e. The average Bonchev–Trinajstić information content (AvgIpc) is 2.31. The number of hydrogen-bond acceptors (Lipinski definition) is 3. The zero-order valence-corrected chi connectivity index (χ0v) is 13.6. The number of amides is 1. The highest BCUT2D eigenvalue weighted by molar-refractivity contribution is 7.90. The Morgan fingerprint density at radius 3 is 2.26 bits per heavy atom. The van der Waals surface area contributed by atoms with Gasteiger partial charge < -0.3 is 4.90 Å². The predicted molar refractivity (Wildman–Crippen MR) is 76.2 cm³/mol. The molecule has 0 aromatic heterocycles. The minimum Gasteiger partial charge on any atom is -0.348 e. The van der Waals surface area contributed by atoms with Crippen molar-refractivity contribution in [1.82, 2.24) is 9.21 Å². The topological polar surface area (TPSA) is 57.7 Å². The molecule has 4 unspecified atom stereocenters. The lowest BCUT2D eigenvalue weighted by Gasteiger charge is -2.41. The van der Waals surface area contributed by atoms with Crippen molar-refractivity contribution in [3.63, 3.8) is 0 Å². The fourth-order valence-corrected chi connectivity index (χ4v) is 4.70. The van der Waals surface area contributed by atoms with E-state index in [1.54, 1.807) is 14.1 Å². The summed E-state index contributed by atoms with van der Waals surface area (Å²) in [4.78, 5) is 13.3. The third-order valence-corrected chi connectivity index (χ3v) is 6.34. The Hall–Kier alpha value is -0.620. The van der Waals surface area contributed by atoms with Crippen LogP contribution in [0.15, 0.2) is 0 Å². The SMILES string of the molecule is CC1CC(C)C(C)N(S(=O)(=O)C(C)C(=O)N(C)C)C1. The van der Waals surface area contributed by atoms with Crippen LogP contribution in [0.2, 0.25) is 0 Å². The van der Waals surface area contributed by atoms with Gasteiger partial charge in [-0.25, -0.2) is 8.42 Å². The Bertz CT molecular complexity index is 433. The molecule has 5 nitrogen and oxygen atoms in total. The molecule has 1 saturated heterocycles. The molecule has 0 N–H and O–H groups in total. The Balaban J connectivity index is 3.02. The van der Waals surface area contributed by atoms with Gasteiger partial charge in [0.2, 0.25) is 15.9 Å². The first kappa shape index (κ1) is 16.4. The van der Waals surface area contributed by atoms with Crippen LogP contribution in [0.3, 0.4) is 0 Å². The molecule has 0 spiro atoms. The summed E-state index contributed by atoms with van der Waals surface area (Å²) in [6, 6.07) is -0.0430. The van der Waals surface area contributed by atoms with Gasteiger partial charge in [-0.2, -0.15) is 4.31 Å². The molecule has 0 aromatic rings. The van der Waals surface area contributed by atoms with Crippen LogP contribution in [0.1, 0.15) is 34.1 Å². The molecule has 0 aromatic carbocycles. The smallest absolute Gasteiger partial charge is 0.241 e. The van der Waals surface area contributed by atoms with Gasteiger partial charge in [-0.1, -0.05) is 13.8 Å². The third kappa shape index (κ3) is 3.28. The van der Waals surface area contributed by atoms with Crippen LogP contribution < -0.4 is 0 Å². The number of hydrogen-bond donors (Lipinski definition) is 0. The highest BCUT2D eigenvalue weighted by atomic mass is 32.2. The van der Waals surface area contributed by atoms with Crippen molar-refractivity contribution in [1.29, 1.82) is 0 Å². The third-order valence-electron chi connectivity index (χ3n) is 4.11. The summed E-state index contributed by atoms with van der Waals surface area (Å²) in [6.07, 6.45) is 1.03. The molecule has 0 radical (unpaired) electrons. The summed E-state index contributed by atoms with van der Waals surface area (Å²) in [7, 11) is -0.414. The summed E-state index contributed by atoms with van der Waals surface area (Å²) in [5.41, 5.74) is 0. The fraction of sp³-hybridized carbons (Fsp3) is 0.923. The minimum absolute atomic E-state index is 0.0430. The van der Waals surface area contributed by atoms with Crippen molar-refractivity contribution in [2.75, 3.05) is 20.6 Å². The molecule has 112 valence electrons. The van der Waals surface area contributed by atoms with Gasteiger partial charge >= 0.3 is 0 Å². The predicted octanol–water partition coefficient (Wildman–Crippen LogP) is 1.16. The second-order valence-electron chi connectivity index (χ2n) is 6.05. The molecule has 4 atom stereocenters. The molecule has 1 aliphatic rings. The minimum atomic E-state index is -3.58. The van der Waals surface area contributed by atoms with Crippen LogP contribution in [0.5, 0.6) is 0 Å². The van der Waals surface area contributed by atoms with Crippen molar-refractivity contribution < 1.29 is 13.2 Å². The summed E-state index contributed by atoms with van der Waals surface area (Å²) < 4.78 is 26.7. The molecule has 0 saturated carbocycles. The normalized spacial score (nSPS) is 30.9. The Labute approximate surface area is 117 Å². The Morgan fingerprint density at radius 2 is 1.79 bits per heavy atom. The van der Waals surface area contributed by atoms with Crippen LogP contribution in [-0.4, -0.2) is 55.5 Å². The maximum atomic E-state index is 12.6. The van der Waals surface area contributed by atoms with Crippen molar-refractivity contribution in [2.45, 2.75) is 45.4 Å². The van der Waals surface area contributed by atoms with Crippen LogP contribution in [0.25, 0.3) is 0 Å². The first-order chi connectivity index (χ1) is 8.59. The molecule has 1 fully saturated rings. The molecular weight excluding hydrogens is 264 g/mol. The highest BCUT2D eigenvalue weighted by Crippen LogP contribution is 2.30. The molecule has 1 heterocycles. The second-order valence-corrected chi connectivity index (χ2v) is 8.25. The molecule has 0 aliphatic carbocycles. The summed E-state index contributed by atoms with van der Waals surface area (Å²) in [5, 5.41) is -1.01. The van der Waals surface area contributed by atoms with Gasteiger partial charge in [-0.15, -0.1) is 0 Å². The quantitative estimate of drug-likeness (QED) is 0.783. The number of carbonyl (C=O) groups excluding carboxylic acids is 1. The summed E-state index contributed by atoms with van der Waals surface area (Å²) in [6.45, 7) is 8.05. The zero-order chi connectivity index (χ0) is 15.0. The highest BCUT2D eigenvalue weighted by Gasteiger charge is 2.41. The van der Waals surface area contributed by atoms with Gasteiger partial charge in [0.25, 0.3) is 0 Å². The van der Waals surface area contributed by atoms with Gasteiger partial charge in [-0.05, 0) is 32.1 Å². The number of carbonyl (C=O) groups is 1. The zero-order valence-electron chi connectivity index (χ0n) is 12.8. The first-order valence-corrected chi connectivity index (χ1v) is 8.31. The van der Waals surface area contributed by atoms with Crippen LogP contribution >= 0.6 is 0 Å². The number of piperidine rings is 1. The summed E-state index contributed by atoms with van der Waals surface area (Å²) in [5.74, 6) is 0.292. The van der Waals surface area contributed by atoms with Gasteiger partial charge in [0, 0.05) is 26.7 Å². The Kier molecular flexibility index (Phi) is 5.01. The fourth-order valence-electron chi connectivity index (χ4n) is 2.69. The van der Waals surface area contributed by atoms with Gasteiger partial charge in [0.05, 0.1) is 0 Å². The Morgan fingerprint density at radius 1 is 1.26 bits per heavy atom. The number of rotatable bonds is 3. The lowest BCUT2D eigenvalue weighted by molar-refractivity contribution is -0.128. The van der Waals surface area contributed by atoms with E-state index in [0.29, 0.717) is 18.4 Å². The maximum absolute atomic E-state index is 12.6. The molecule has 1 aliphatic heterocycles. The standard InChI is InChI=1S/C13H26N2O3S/c1-9-7-10(2)11(3)15(8-9)19(17,18)12(4)13(16)14(5)6/h9-12H,7-8H2,1-6H3. The van der Waals surface area contributed by atoms with Crippen molar-refractivity contribution in [3.8, 4) is 0 Å². The first-order valence-electron chi connectivity index (χ1n) is 6.80. The van der Waals surface area contributed by atoms with Crippen LogP contribution in [0.4, 0.5) is 0 Å². The van der Waals surface area contributed by atoms with E-state index in [4.69, 9.17) is 0 Å². The van der Waals surface area contributed by atoms with E-state index in [-0.39, 0.29) is 11.9 Å². The van der Waals surface area contributed by atoms with Crippen molar-refractivity contribution >= 4 is 15.9 Å². The van der Waals surface area contributed by atoms with Crippen molar-refractivity contribution in [3.05, 3.63) is 0 Å². The number of nitrogens with zero attached hydrogens (tertiary/aromatic N) is 2. The molecule has 19 heavy (non-hydrogen) atoms. The van der Waals surface area contributed by atoms with E-state index in [1.807, 2.05) is 6.92 Å². The van der Waals surface area contributed by atoms with Crippen molar-refractivity contribution in [2.24, 2.45) is 11.8 Å². The second kappa shape index (κ2) is 5.79. The van der Waals surface area contributed by atoms with Gasteiger partial charge in [0.15, 0.2) is 5.25 Å². The molecule has 1 amide bonds. The van der Waals surface area contributed by atoms with E-state index in [0.717, 1.165) is 6.42 Å². The van der Waals surface area contributed by atoms with Crippen LogP contribution in [0, 0.1) is 11.8 Å². The molecule has 0 bridgehead atoms. The lowest BCUT2D eigenvalue weighted by atomic mass is 9.88. The molecule has 1 rings (SSSR count). The van der Waals surface area contributed by atoms with Gasteiger partial charge in [-0.3, -0.25) is 4.79 Å². The van der Waals surface area contributed by atoms with E-state index in [1.165, 1.54) is 16.1 Å². The molecular formula is C13H26N2O3S. The monoisotopic (exact) mass is 290 g/mol. The number of sulfonamides is 1. The van der Waals surface area contributed by atoms with E-state index < -0.39 is 15.3 Å². The van der Waals surface area contributed by atoms with E-state index >= 15 is 0 Å². The molecule has 6 heteroatoms.